The van der Waals surface area contributed by atoms with Gasteiger partial charge in [0.2, 0.25) is 0 Å². The summed E-state index contributed by atoms with van der Waals surface area (Å²) in [6, 6.07) is 32.3. The predicted octanol–water partition coefficient (Wildman–Crippen LogP) is 8.86. The molecule has 0 aliphatic rings. The van der Waals surface area contributed by atoms with Gasteiger partial charge in [0.25, 0.3) is 0 Å². The number of aromatic nitrogens is 3. The van der Waals surface area contributed by atoms with Gasteiger partial charge in [-0.15, -0.1) is 0 Å². The van der Waals surface area contributed by atoms with Gasteiger partial charge < -0.3 is 8.82 Å². The van der Waals surface area contributed by atoms with Crippen molar-refractivity contribution in [3.63, 3.8) is 0 Å². The Morgan fingerprint density at radius 2 is 1.18 bits per heavy atom. The number of hydrogen-bond acceptors (Lipinski definition) is 3. The van der Waals surface area contributed by atoms with Crippen molar-refractivity contribution in [2.45, 2.75) is 0 Å². The highest BCUT2D eigenvalue weighted by Gasteiger charge is 2.19. The zero-order valence-electron chi connectivity index (χ0n) is 20.2. The molecule has 176 valence electrons. The van der Waals surface area contributed by atoms with Crippen molar-refractivity contribution >= 4 is 60.0 Å². The molecule has 4 heteroatoms. The molecular weight excluding hydrogens is 466 g/mol. The minimum atomic E-state index is 0.917. The van der Waals surface area contributed by atoms with E-state index in [1.165, 1.54) is 49.3 Å². The summed E-state index contributed by atoms with van der Waals surface area (Å²) < 4.78 is 8.43. The van der Waals surface area contributed by atoms with Crippen molar-refractivity contribution in [2.75, 3.05) is 0 Å². The number of rotatable bonds is 2. The summed E-state index contributed by atoms with van der Waals surface area (Å²) in [5, 5.41) is 7.21. The molecule has 0 amide bonds. The second-order valence-corrected chi connectivity index (χ2v) is 9.90. The molecule has 0 N–H and O–H groups in total. The lowest BCUT2D eigenvalue weighted by Crippen LogP contribution is -1.83. The van der Waals surface area contributed by atoms with Crippen molar-refractivity contribution in [3.8, 4) is 22.3 Å². The summed E-state index contributed by atoms with van der Waals surface area (Å²) >= 11 is 0. The minimum absolute atomic E-state index is 0.917. The highest BCUT2D eigenvalue weighted by molar-refractivity contribution is 6.24. The van der Waals surface area contributed by atoms with E-state index in [-0.39, 0.29) is 0 Å². The van der Waals surface area contributed by atoms with E-state index in [9.17, 15) is 0 Å². The Bertz CT molecular complexity index is 2260. The maximum atomic E-state index is 6.12. The smallest absolute Gasteiger partial charge is 0.136 e. The average molecular weight is 486 g/mol. The van der Waals surface area contributed by atoms with E-state index < -0.39 is 0 Å². The molecule has 0 saturated heterocycles. The van der Waals surface area contributed by atoms with Crippen molar-refractivity contribution in [1.29, 1.82) is 0 Å². The van der Waals surface area contributed by atoms with E-state index in [1.807, 2.05) is 43.0 Å². The van der Waals surface area contributed by atoms with E-state index in [0.717, 1.165) is 33.0 Å². The lowest BCUT2D eigenvalue weighted by Gasteiger charge is -2.08. The van der Waals surface area contributed by atoms with Gasteiger partial charge in [0.15, 0.2) is 0 Å². The zero-order chi connectivity index (χ0) is 24.8. The van der Waals surface area contributed by atoms with Gasteiger partial charge >= 0.3 is 0 Å². The summed E-state index contributed by atoms with van der Waals surface area (Å²) in [7, 11) is 0. The van der Waals surface area contributed by atoms with Gasteiger partial charge in [-0.3, -0.25) is 9.97 Å². The molecule has 38 heavy (non-hydrogen) atoms. The number of nitrogens with zero attached hydrogens (tertiary/aromatic N) is 3. The summed E-state index contributed by atoms with van der Waals surface area (Å²) in [6.07, 6.45) is 7.66. The monoisotopic (exact) mass is 485 g/mol. The van der Waals surface area contributed by atoms with Crippen LogP contribution in [-0.4, -0.2) is 14.4 Å². The van der Waals surface area contributed by atoms with Crippen molar-refractivity contribution in [2.24, 2.45) is 0 Å². The van der Waals surface area contributed by atoms with Crippen LogP contribution in [0.3, 0.4) is 0 Å². The Morgan fingerprint density at radius 1 is 0.526 bits per heavy atom. The molecule has 0 spiro atoms. The van der Waals surface area contributed by atoms with E-state index in [0.29, 0.717) is 0 Å². The molecule has 4 nitrogen and oxygen atoms in total. The molecular formula is C34H19N3O. The molecule has 0 atom stereocenters. The Balaban J connectivity index is 1.26. The first kappa shape index (κ1) is 19.9. The summed E-state index contributed by atoms with van der Waals surface area (Å²) in [5.74, 6) is 0. The fourth-order valence-electron chi connectivity index (χ4n) is 6.26. The summed E-state index contributed by atoms with van der Waals surface area (Å²) in [4.78, 5) is 8.84. The van der Waals surface area contributed by atoms with Gasteiger partial charge in [-0.05, 0) is 58.7 Å². The Kier molecular flexibility index (Phi) is 3.76. The third kappa shape index (κ3) is 2.53. The maximum Gasteiger partial charge on any atom is 0.136 e. The molecule has 0 saturated carbocycles. The largest absolute Gasteiger partial charge is 0.456 e. The van der Waals surface area contributed by atoms with E-state index in [2.05, 4.69) is 87.2 Å². The summed E-state index contributed by atoms with van der Waals surface area (Å²) in [5.41, 5.74) is 10.0. The molecule has 5 aromatic heterocycles. The molecule has 9 aromatic rings. The first-order chi connectivity index (χ1) is 18.8. The van der Waals surface area contributed by atoms with Gasteiger partial charge in [-0.1, -0.05) is 54.6 Å². The van der Waals surface area contributed by atoms with Gasteiger partial charge in [0.05, 0.1) is 28.9 Å². The topological polar surface area (TPSA) is 43.3 Å². The van der Waals surface area contributed by atoms with Crippen LogP contribution in [0.25, 0.3) is 82.3 Å². The molecule has 0 unspecified atom stereocenters. The second-order valence-electron chi connectivity index (χ2n) is 9.90. The molecule has 0 radical (unpaired) electrons. The molecule has 4 aromatic carbocycles. The first-order valence-electron chi connectivity index (χ1n) is 12.7. The third-order valence-corrected chi connectivity index (χ3v) is 7.93. The Labute approximate surface area is 216 Å². The average Bonchev–Trinajstić information content (AvgIpc) is 3.64. The standard InChI is InChI=1S/C34H19N3O/c1-2-6-31-26(4-1)33-23(5-3-7-32(33)38-31)21-10-8-20(9-11-21)22-16-27-24-12-14-35-18-29(24)37-30-19-36-15-13-25(30)28(17-22)34(27)37/h1-19H. The molecule has 5 heterocycles. The van der Waals surface area contributed by atoms with Gasteiger partial charge in [-0.2, -0.15) is 0 Å². The molecule has 0 aliphatic heterocycles. The highest BCUT2D eigenvalue weighted by Crippen LogP contribution is 2.42. The lowest BCUT2D eigenvalue weighted by molar-refractivity contribution is 0.669. The predicted molar refractivity (Wildman–Crippen MR) is 155 cm³/mol. The van der Waals surface area contributed by atoms with Crippen LogP contribution in [0.1, 0.15) is 0 Å². The Morgan fingerprint density at radius 3 is 1.92 bits per heavy atom. The normalized spacial score (nSPS) is 12.2. The van der Waals surface area contributed by atoms with Crippen LogP contribution in [0, 0.1) is 0 Å². The second kappa shape index (κ2) is 7.17. The minimum Gasteiger partial charge on any atom is -0.456 e. The molecule has 0 aliphatic carbocycles. The highest BCUT2D eigenvalue weighted by atomic mass is 16.3. The van der Waals surface area contributed by atoms with E-state index in [1.54, 1.807) is 0 Å². The maximum absolute atomic E-state index is 6.12. The van der Waals surface area contributed by atoms with Crippen LogP contribution in [-0.2, 0) is 0 Å². The SMILES string of the molecule is c1ccc2c(c1)oc1cccc(-c3ccc(-c4cc5c6ccncc6n6c7cnccc7c(c4)c56)cc3)c12. The van der Waals surface area contributed by atoms with Crippen LogP contribution in [0.4, 0.5) is 0 Å². The fourth-order valence-corrected chi connectivity index (χ4v) is 6.26. The number of furan rings is 1. The van der Waals surface area contributed by atoms with Crippen molar-refractivity contribution in [1.82, 2.24) is 14.4 Å². The van der Waals surface area contributed by atoms with Crippen LogP contribution in [0.5, 0.6) is 0 Å². The van der Waals surface area contributed by atoms with Gasteiger partial charge in [0.1, 0.15) is 11.2 Å². The number of para-hydroxylation sites is 1. The van der Waals surface area contributed by atoms with Crippen LogP contribution in [0.2, 0.25) is 0 Å². The number of pyridine rings is 2. The van der Waals surface area contributed by atoms with Crippen LogP contribution >= 0.6 is 0 Å². The quantitative estimate of drug-likeness (QED) is 0.246. The van der Waals surface area contributed by atoms with E-state index in [4.69, 9.17) is 4.42 Å². The molecule has 0 fully saturated rings. The van der Waals surface area contributed by atoms with Crippen LogP contribution in [0.15, 0.2) is 120 Å². The summed E-state index contributed by atoms with van der Waals surface area (Å²) in [6.45, 7) is 0. The first-order valence-corrected chi connectivity index (χ1v) is 12.7. The number of hydrogen-bond donors (Lipinski definition) is 0. The Hall–Kier alpha value is -5.22. The zero-order valence-corrected chi connectivity index (χ0v) is 20.2. The van der Waals surface area contributed by atoms with Gasteiger partial charge in [0, 0.05) is 44.7 Å². The molecule has 9 rings (SSSR count). The lowest BCUT2D eigenvalue weighted by atomic mass is 9.95. The third-order valence-electron chi connectivity index (χ3n) is 7.93. The van der Waals surface area contributed by atoms with Crippen LogP contribution < -0.4 is 0 Å². The van der Waals surface area contributed by atoms with Crippen molar-refractivity contribution < 1.29 is 4.42 Å². The fraction of sp³-hybridized carbons (Fsp3) is 0. The molecule has 0 bridgehead atoms. The van der Waals surface area contributed by atoms with Crippen molar-refractivity contribution in [3.05, 3.63) is 116 Å². The number of fused-ring (bicyclic) bond motifs is 9. The number of benzene rings is 4. The van der Waals surface area contributed by atoms with Gasteiger partial charge in [-0.25, -0.2) is 0 Å². The van der Waals surface area contributed by atoms with E-state index >= 15 is 0 Å².